The van der Waals surface area contributed by atoms with Crippen LogP contribution in [0.1, 0.15) is 39.4 Å². The summed E-state index contributed by atoms with van der Waals surface area (Å²) >= 11 is 5.72. The summed E-state index contributed by atoms with van der Waals surface area (Å²) in [5, 5.41) is 0. The van der Waals surface area contributed by atoms with Crippen LogP contribution in [0.4, 0.5) is 5.82 Å². The maximum atomic E-state index is 12.0. The molecule has 0 aromatic carbocycles. The van der Waals surface area contributed by atoms with E-state index in [0.717, 1.165) is 12.2 Å². The largest absolute Gasteiger partial charge is 0.465 e. The van der Waals surface area contributed by atoms with Crippen LogP contribution in [-0.2, 0) is 20.7 Å². The van der Waals surface area contributed by atoms with Crippen molar-refractivity contribution in [3.05, 3.63) is 18.1 Å². The minimum atomic E-state index is -0.189. The number of hydrogen-bond acceptors (Lipinski definition) is 6. The zero-order valence-corrected chi connectivity index (χ0v) is 16.4. The molecule has 1 fully saturated rings. The first-order valence-electron chi connectivity index (χ1n) is 9.05. The van der Waals surface area contributed by atoms with Crippen molar-refractivity contribution in [2.24, 2.45) is 0 Å². The second-order valence-electron chi connectivity index (χ2n) is 6.59. The first-order valence-corrected chi connectivity index (χ1v) is 9.59. The number of nitrogens with zero attached hydrogens (tertiary/aromatic N) is 4. The van der Waals surface area contributed by atoms with E-state index in [0.29, 0.717) is 31.8 Å². The van der Waals surface area contributed by atoms with E-state index in [1.807, 2.05) is 31.7 Å². The first-order chi connectivity index (χ1) is 12.5. The number of ether oxygens (including phenoxy) is 1. The summed E-state index contributed by atoms with van der Waals surface area (Å²) in [4.78, 5) is 36.3. The Labute approximate surface area is 159 Å². The molecule has 144 valence electrons. The molecular weight excluding hydrogens is 356 g/mol. The van der Waals surface area contributed by atoms with E-state index in [1.165, 1.54) is 0 Å². The third-order valence-electron chi connectivity index (χ3n) is 4.38. The zero-order valence-electron chi connectivity index (χ0n) is 15.7. The highest BCUT2D eigenvalue weighted by molar-refractivity contribution is 6.27. The Hall–Kier alpha value is -1.89. The van der Waals surface area contributed by atoms with Crippen molar-refractivity contribution in [3.63, 3.8) is 0 Å². The van der Waals surface area contributed by atoms with Gasteiger partial charge in [-0.05, 0) is 26.3 Å². The van der Waals surface area contributed by atoms with Gasteiger partial charge < -0.3 is 14.5 Å². The van der Waals surface area contributed by atoms with E-state index in [1.54, 1.807) is 6.20 Å². The minimum absolute atomic E-state index is 0.00306. The van der Waals surface area contributed by atoms with Crippen LogP contribution in [0.15, 0.2) is 12.3 Å². The Balaban J connectivity index is 1.97. The number of alkyl halides is 1. The molecule has 0 saturated carbocycles. The van der Waals surface area contributed by atoms with Crippen molar-refractivity contribution in [2.45, 2.75) is 52.1 Å². The van der Waals surface area contributed by atoms with Crippen molar-refractivity contribution in [1.29, 1.82) is 0 Å². The highest BCUT2D eigenvalue weighted by Gasteiger charge is 2.32. The Morgan fingerprint density at radius 1 is 1.31 bits per heavy atom. The van der Waals surface area contributed by atoms with Gasteiger partial charge >= 0.3 is 5.97 Å². The normalized spacial score (nSPS) is 20.2. The van der Waals surface area contributed by atoms with Crippen molar-refractivity contribution >= 4 is 29.3 Å². The van der Waals surface area contributed by atoms with Gasteiger partial charge in [-0.2, -0.15) is 0 Å². The summed E-state index contributed by atoms with van der Waals surface area (Å²) in [7, 11) is 0. The van der Waals surface area contributed by atoms with Gasteiger partial charge in [-0.1, -0.05) is 6.92 Å². The van der Waals surface area contributed by atoms with Crippen molar-refractivity contribution in [1.82, 2.24) is 14.9 Å². The topological polar surface area (TPSA) is 75.6 Å². The molecule has 0 bridgehead atoms. The number of hydrogen-bond donors (Lipinski definition) is 0. The van der Waals surface area contributed by atoms with Crippen LogP contribution < -0.4 is 4.90 Å². The molecule has 0 aliphatic carbocycles. The average molecular weight is 383 g/mol. The molecule has 1 aromatic heterocycles. The van der Waals surface area contributed by atoms with Crippen LogP contribution in [0.2, 0.25) is 0 Å². The molecule has 1 saturated heterocycles. The predicted octanol–water partition coefficient (Wildman–Crippen LogP) is 2.03. The van der Waals surface area contributed by atoms with E-state index < -0.39 is 0 Å². The standard InChI is InChI=1S/C18H27ClN4O3/c1-4-5-18(25)26-9-7-15-20-8-6-16(21-15)22-11-13(2)23(14(3)12-22)17(24)10-19/h6,8,13-14H,4-5,7,9-12H2,1-3H3/t13-,14-/m1/s1. The number of aromatic nitrogens is 2. The van der Waals surface area contributed by atoms with Gasteiger partial charge in [0.1, 0.15) is 17.5 Å². The van der Waals surface area contributed by atoms with E-state index in [2.05, 4.69) is 14.9 Å². The van der Waals surface area contributed by atoms with Crippen molar-refractivity contribution < 1.29 is 14.3 Å². The van der Waals surface area contributed by atoms with Crippen LogP contribution in [-0.4, -0.2) is 64.4 Å². The lowest BCUT2D eigenvalue weighted by molar-refractivity contribution is -0.143. The Kier molecular flexibility index (Phi) is 7.63. The van der Waals surface area contributed by atoms with Crippen LogP contribution in [0, 0.1) is 0 Å². The van der Waals surface area contributed by atoms with Gasteiger partial charge in [-0.3, -0.25) is 9.59 Å². The van der Waals surface area contributed by atoms with E-state index in [9.17, 15) is 9.59 Å². The van der Waals surface area contributed by atoms with E-state index >= 15 is 0 Å². The third-order valence-corrected chi connectivity index (χ3v) is 4.61. The lowest BCUT2D eigenvalue weighted by atomic mass is 10.1. The summed E-state index contributed by atoms with van der Waals surface area (Å²) in [5.74, 6) is 1.25. The number of rotatable bonds is 7. The number of amides is 1. The number of halogens is 1. The molecule has 1 aliphatic heterocycles. The van der Waals surface area contributed by atoms with Gasteiger partial charge in [0.15, 0.2) is 0 Å². The Morgan fingerprint density at radius 2 is 2.00 bits per heavy atom. The molecule has 0 unspecified atom stereocenters. The summed E-state index contributed by atoms with van der Waals surface area (Å²) in [5.41, 5.74) is 0. The van der Waals surface area contributed by atoms with Gasteiger partial charge in [0.25, 0.3) is 0 Å². The minimum Gasteiger partial charge on any atom is -0.465 e. The second-order valence-corrected chi connectivity index (χ2v) is 6.86. The van der Waals surface area contributed by atoms with Gasteiger partial charge in [-0.15, -0.1) is 11.6 Å². The fraction of sp³-hybridized carbons (Fsp3) is 0.667. The summed E-state index contributed by atoms with van der Waals surface area (Å²) in [6.45, 7) is 7.64. The molecule has 2 atom stereocenters. The number of carbonyl (C=O) groups excluding carboxylic acids is 2. The highest BCUT2D eigenvalue weighted by Crippen LogP contribution is 2.21. The molecule has 0 N–H and O–H groups in total. The molecule has 8 heteroatoms. The summed E-state index contributed by atoms with van der Waals surface area (Å²) < 4.78 is 5.17. The Bertz CT molecular complexity index is 616. The maximum Gasteiger partial charge on any atom is 0.305 e. The second kappa shape index (κ2) is 9.71. The van der Waals surface area contributed by atoms with E-state index in [-0.39, 0.29) is 36.4 Å². The summed E-state index contributed by atoms with van der Waals surface area (Å²) in [6.07, 6.45) is 3.41. The molecule has 2 rings (SSSR count). The van der Waals surface area contributed by atoms with Crippen molar-refractivity contribution in [2.75, 3.05) is 30.5 Å². The van der Waals surface area contributed by atoms with Gasteiger partial charge in [0.2, 0.25) is 5.91 Å². The fourth-order valence-electron chi connectivity index (χ4n) is 3.29. The molecule has 0 spiro atoms. The average Bonchev–Trinajstić information content (AvgIpc) is 2.61. The lowest BCUT2D eigenvalue weighted by Crippen LogP contribution is -2.59. The van der Waals surface area contributed by atoms with Crippen molar-refractivity contribution in [3.8, 4) is 0 Å². The monoisotopic (exact) mass is 382 g/mol. The molecule has 1 aromatic rings. The SMILES string of the molecule is CCCC(=O)OCCc1nccc(N2C[C@@H](C)N(C(=O)CCl)[C@H](C)C2)n1. The summed E-state index contributed by atoms with van der Waals surface area (Å²) in [6, 6.07) is 1.97. The molecule has 0 radical (unpaired) electrons. The first kappa shape index (κ1) is 20.4. The maximum absolute atomic E-state index is 12.0. The molecule has 7 nitrogen and oxygen atoms in total. The van der Waals surface area contributed by atoms with Crippen LogP contribution in [0.3, 0.4) is 0 Å². The van der Waals surface area contributed by atoms with E-state index in [4.69, 9.17) is 16.3 Å². The molecule has 26 heavy (non-hydrogen) atoms. The number of piperazine rings is 1. The number of anilines is 1. The zero-order chi connectivity index (χ0) is 19.1. The van der Waals surface area contributed by atoms with Gasteiger partial charge in [-0.25, -0.2) is 9.97 Å². The molecular formula is C18H27ClN4O3. The quantitative estimate of drug-likeness (QED) is 0.530. The van der Waals surface area contributed by atoms with Crippen LogP contribution in [0.25, 0.3) is 0 Å². The smallest absolute Gasteiger partial charge is 0.305 e. The van der Waals surface area contributed by atoms with Crippen LogP contribution in [0.5, 0.6) is 0 Å². The van der Waals surface area contributed by atoms with Gasteiger partial charge in [0, 0.05) is 44.2 Å². The van der Waals surface area contributed by atoms with Crippen LogP contribution >= 0.6 is 11.6 Å². The molecule has 1 amide bonds. The Morgan fingerprint density at radius 3 is 2.62 bits per heavy atom. The lowest BCUT2D eigenvalue weighted by Gasteiger charge is -2.44. The van der Waals surface area contributed by atoms with Gasteiger partial charge in [0.05, 0.1) is 6.61 Å². The molecule has 2 heterocycles. The fourth-order valence-corrected chi connectivity index (χ4v) is 3.43. The predicted molar refractivity (Wildman–Crippen MR) is 100 cm³/mol. The highest BCUT2D eigenvalue weighted by atomic mass is 35.5. The third kappa shape index (κ3) is 5.30. The number of carbonyl (C=O) groups is 2. The molecule has 1 aliphatic rings. The number of esters is 1.